The Hall–Kier alpha value is -4.78. The molecule has 13 heteroatoms. The molecule has 1 unspecified atom stereocenters. The molecule has 44 heavy (non-hydrogen) atoms. The molecule has 3 aromatic rings. The van der Waals surface area contributed by atoms with Gasteiger partial charge in [-0.25, -0.2) is 24.0 Å². The Bertz CT molecular complexity index is 1470. The summed E-state index contributed by atoms with van der Waals surface area (Å²) in [5.41, 5.74) is -1.01. The zero-order valence-corrected chi connectivity index (χ0v) is 25.7. The van der Waals surface area contributed by atoms with Crippen molar-refractivity contribution in [2.24, 2.45) is 0 Å². The van der Waals surface area contributed by atoms with Crippen LogP contribution < -0.4 is 14.6 Å². The number of hydrogen-bond acceptors (Lipinski definition) is 9. The van der Waals surface area contributed by atoms with E-state index in [1.807, 2.05) is 48.6 Å². The molecule has 4 rings (SSSR count). The Morgan fingerprint density at radius 1 is 0.955 bits per heavy atom. The average molecular weight is 609 g/mol. The van der Waals surface area contributed by atoms with Gasteiger partial charge in [-0.15, -0.1) is 5.06 Å². The summed E-state index contributed by atoms with van der Waals surface area (Å²) in [7, 11) is 0. The van der Waals surface area contributed by atoms with Gasteiger partial charge in [0, 0.05) is 19.0 Å². The number of carbonyl (C=O) groups is 4. The molecule has 1 aromatic carbocycles. The average Bonchev–Trinajstić information content (AvgIpc) is 3.50. The predicted molar refractivity (Wildman–Crippen MR) is 156 cm³/mol. The van der Waals surface area contributed by atoms with Crippen molar-refractivity contribution in [1.29, 1.82) is 0 Å². The number of amides is 3. The van der Waals surface area contributed by atoms with Crippen LogP contribution in [0.2, 0.25) is 0 Å². The summed E-state index contributed by atoms with van der Waals surface area (Å²) >= 11 is 0. The highest BCUT2D eigenvalue weighted by molar-refractivity contribution is 6.20. The summed E-state index contributed by atoms with van der Waals surface area (Å²) in [6.07, 6.45) is 5.93. The molecule has 0 aliphatic carbocycles. The number of hydroxylamine groups is 2. The number of nitrogens with zero attached hydrogens (tertiary/aromatic N) is 4. The lowest BCUT2D eigenvalue weighted by Gasteiger charge is -2.25. The van der Waals surface area contributed by atoms with E-state index in [-0.39, 0.29) is 17.7 Å². The van der Waals surface area contributed by atoms with Crippen molar-refractivity contribution in [3.05, 3.63) is 72.4 Å². The topological polar surface area (TPSA) is 142 Å². The molecule has 0 saturated carbocycles. The van der Waals surface area contributed by atoms with Gasteiger partial charge >= 0.3 is 12.1 Å². The largest absolute Gasteiger partial charge is 0.489 e. The summed E-state index contributed by atoms with van der Waals surface area (Å²) in [6, 6.07) is 9.71. The van der Waals surface area contributed by atoms with Crippen LogP contribution in [0, 0.1) is 0 Å². The number of ether oxygens (including phenoxy) is 3. The monoisotopic (exact) mass is 608 g/mol. The smallest absolute Gasteiger partial charge is 0.407 e. The second-order valence-corrected chi connectivity index (χ2v) is 12.1. The van der Waals surface area contributed by atoms with Crippen LogP contribution in [0.1, 0.15) is 68.7 Å². The minimum atomic E-state index is -1.41. The predicted octanol–water partition coefficient (Wildman–Crippen LogP) is 3.39. The number of carbonyl (C=O) groups excluding carboxylic acids is 4. The molecule has 1 aliphatic rings. The van der Waals surface area contributed by atoms with Crippen molar-refractivity contribution in [3.8, 4) is 11.6 Å². The molecular formula is C31H38N5O8+. The Morgan fingerprint density at radius 2 is 1.61 bits per heavy atom. The maximum Gasteiger partial charge on any atom is 0.407 e. The fourth-order valence-electron chi connectivity index (χ4n) is 4.11. The van der Waals surface area contributed by atoms with E-state index in [9.17, 15) is 19.2 Å². The molecule has 3 heterocycles. The Balaban J connectivity index is 1.34. The number of imidazole rings is 1. The fraction of sp³-hybridized carbons (Fsp3) is 0.419. The molecule has 3 amide bonds. The number of esters is 1. The number of aryl methyl sites for hydroxylation is 1. The molecule has 0 fully saturated rings. The van der Waals surface area contributed by atoms with Crippen molar-refractivity contribution in [2.75, 3.05) is 13.2 Å². The number of aromatic nitrogens is 3. The molecule has 1 atom stereocenters. The lowest BCUT2D eigenvalue weighted by molar-refractivity contribution is -0.696. The van der Waals surface area contributed by atoms with Gasteiger partial charge in [0.15, 0.2) is 0 Å². The number of imide groups is 1. The van der Waals surface area contributed by atoms with Crippen LogP contribution in [0.4, 0.5) is 4.79 Å². The van der Waals surface area contributed by atoms with Crippen molar-refractivity contribution >= 4 is 23.9 Å². The van der Waals surface area contributed by atoms with Crippen LogP contribution >= 0.6 is 0 Å². The SMILES string of the molecule is CC(C)(C)OC(=O)NCCC[n+]1ccn(-c2ccc(OCC(ON3C(=O)c4ccccc4C3=O)C(=O)OC(C)(C)C)cn2)c1. The summed E-state index contributed by atoms with van der Waals surface area (Å²) in [5.74, 6) is -1.19. The summed E-state index contributed by atoms with van der Waals surface area (Å²) < 4.78 is 20.2. The van der Waals surface area contributed by atoms with Crippen LogP contribution in [0.3, 0.4) is 0 Å². The van der Waals surface area contributed by atoms with Crippen molar-refractivity contribution in [3.63, 3.8) is 0 Å². The van der Waals surface area contributed by atoms with Crippen molar-refractivity contribution in [2.45, 2.75) is 71.8 Å². The second-order valence-electron chi connectivity index (χ2n) is 12.1. The number of alkyl carbamates (subject to hydrolysis) is 1. The van der Waals surface area contributed by atoms with Gasteiger partial charge < -0.3 is 19.5 Å². The van der Waals surface area contributed by atoms with Crippen molar-refractivity contribution in [1.82, 2.24) is 19.9 Å². The van der Waals surface area contributed by atoms with Crippen LogP contribution in [0.5, 0.6) is 5.75 Å². The number of benzene rings is 1. The van der Waals surface area contributed by atoms with Crippen LogP contribution in [0.15, 0.2) is 61.3 Å². The third-order valence-corrected chi connectivity index (χ3v) is 6.00. The summed E-state index contributed by atoms with van der Waals surface area (Å²) in [4.78, 5) is 60.4. The van der Waals surface area contributed by atoms with E-state index >= 15 is 0 Å². The standard InChI is InChI=1S/C31H37N5O8/c1-30(2,3)42-28(39)24(44-36-26(37)22-10-7-8-11-23(22)27(36)38)19-41-21-12-13-25(33-18-21)35-17-16-34(20-35)15-9-14-32-29(40)43-31(4,5)6/h7-8,10-13,16-18,20,24H,9,14-15,19H2,1-6H3/p+1. The maximum atomic E-state index is 13.0. The molecule has 13 nitrogen and oxygen atoms in total. The van der Waals surface area contributed by atoms with Gasteiger partial charge in [0.05, 0.1) is 23.9 Å². The molecule has 1 N–H and O–H groups in total. The van der Waals surface area contributed by atoms with Gasteiger partial charge in [0.25, 0.3) is 11.8 Å². The third-order valence-electron chi connectivity index (χ3n) is 6.00. The highest BCUT2D eigenvalue weighted by Gasteiger charge is 2.40. The maximum absolute atomic E-state index is 13.0. The minimum Gasteiger partial charge on any atom is -0.489 e. The molecule has 0 radical (unpaired) electrons. The van der Waals surface area contributed by atoms with Crippen LogP contribution in [-0.4, -0.2) is 68.9 Å². The van der Waals surface area contributed by atoms with Crippen LogP contribution in [-0.2, 0) is 25.7 Å². The van der Waals surface area contributed by atoms with Gasteiger partial charge in [-0.2, -0.15) is 4.57 Å². The first-order valence-corrected chi connectivity index (χ1v) is 14.2. The summed E-state index contributed by atoms with van der Waals surface area (Å²) in [6.45, 7) is 11.3. The van der Waals surface area contributed by atoms with E-state index in [0.717, 1.165) is 0 Å². The first-order valence-electron chi connectivity index (χ1n) is 14.2. The highest BCUT2D eigenvalue weighted by atomic mass is 16.7. The highest BCUT2D eigenvalue weighted by Crippen LogP contribution is 2.24. The number of hydrogen-bond donors (Lipinski definition) is 1. The Labute approximate surface area is 255 Å². The Morgan fingerprint density at radius 3 is 2.20 bits per heavy atom. The van der Waals surface area contributed by atoms with Gasteiger partial charge in [-0.1, -0.05) is 12.1 Å². The minimum absolute atomic E-state index is 0.185. The van der Waals surface area contributed by atoms with E-state index in [4.69, 9.17) is 19.0 Å². The Kier molecular flexibility index (Phi) is 9.68. The van der Waals surface area contributed by atoms with Crippen molar-refractivity contribution < 1.29 is 42.8 Å². The molecule has 0 saturated heterocycles. The lowest BCUT2D eigenvalue weighted by Crippen LogP contribution is -2.43. The molecule has 0 bridgehead atoms. The van der Waals surface area contributed by atoms with E-state index in [1.54, 1.807) is 45.0 Å². The zero-order chi connectivity index (χ0) is 32.1. The van der Waals surface area contributed by atoms with Gasteiger partial charge in [0.1, 0.15) is 36.0 Å². The third kappa shape index (κ3) is 8.63. The van der Waals surface area contributed by atoms with E-state index in [0.29, 0.717) is 36.1 Å². The lowest BCUT2D eigenvalue weighted by atomic mass is 10.1. The number of fused-ring (bicyclic) bond motifs is 1. The van der Waals surface area contributed by atoms with E-state index in [2.05, 4.69) is 10.3 Å². The fourth-order valence-corrected chi connectivity index (χ4v) is 4.11. The molecule has 234 valence electrons. The van der Waals surface area contributed by atoms with Gasteiger partial charge in [-0.05, 0) is 59.7 Å². The molecule has 0 spiro atoms. The molecule has 2 aromatic heterocycles. The normalized spacial score (nSPS) is 13.8. The first kappa shape index (κ1) is 32.1. The molecule has 1 aliphatic heterocycles. The zero-order valence-electron chi connectivity index (χ0n) is 25.7. The van der Waals surface area contributed by atoms with Crippen LogP contribution in [0.25, 0.3) is 5.82 Å². The number of pyridine rings is 1. The van der Waals surface area contributed by atoms with Gasteiger partial charge in [-0.3, -0.25) is 9.59 Å². The molecular weight excluding hydrogens is 570 g/mol. The first-order chi connectivity index (χ1) is 20.7. The van der Waals surface area contributed by atoms with E-state index in [1.165, 1.54) is 18.3 Å². The van der Waals surface area contributed by atoms with Gasteiger partial charge in [0.2, 0.25) is 18.2 Å². The van der Waals surface area contributed by atoms with E-state index < -0.39 is 41.2 Å². The second kappa shape index (κ2) is 13.2. The summed E-state index contributed by atoms with van der Waals surface area (Å²) in [5, 5.41) is 3.31. The number of rotatable bonds is 11. The quantitative estimate of drug-likeness (QED) is 0.150. The number of nitrogens with one attached hydrogen (secondary N) is 1.